The molecule has 0 amide bonds. The highest BCUT2D eigenvalue weighted by molar-refractivity contribution is 5.83. The molecule has 0 spiro atoms. The van der Waals surface area contributed by atoms with Crippen LogP contribution in [-0.4, -0.2) is 18.5 Å². The molecule has 2 rings (SSSR count). The quantitative estimate of drug-likeness (QED) is 0.861. The number of rotatable bonds is 2. The molecule has 0 aliphatic carbocycles. The van der Waals surface area contributed by atoms with E-state index in [1.165, 1.54) is 19.2 Å². The Morgan fingerprint density at radius 1 is 1.19 bits per heavy atom. The maximum atomic E-state index is 12.1. The van der Waals surface area contributed by atoms with Gasteiger partial charge in [-0.25, -0.2) is 0 Å². The Morgan fingerprint density at radius 3 is 2.56 bits per heavy atom. The van der Waals surface area contributed by atoms with Gasteiger partial charge in [0.1, 0.15) is 0 Å². The van der Waals surface area contributed by atoms with Crippen molar-refractivity contribution in [2.45, 2.75) is 6.36 Å². The Labute approximate surface area is 88.8 Å². The third kappa shape index (κ3) is 2.05. The Morgan fingerprint density at radius 2 is 1.94 bits per heavy atom. The van der Waals surface area contributed by atoms with Crippen molar-refractivity contribution in [1.82, 2.24) is 4.98 Å². The molecule has 1 aromatic heterocycles. The average Bonchev–Trinajstić information content (AvgIpc) is 2.60. The minimum atomic E-state index is -4.72. The summed E-state index contributed by atoms with van der Waals surface area (Å²) in [4.78, 5) is 2.87. The highest BCUT2D eigenvalue weighted by Gasteiger charge is 2.32. The zero-order valence-corrected chi connectivity index (χ0v) is 8.26. The molecule has 0 fully saturated rings. The molecule has 0 unspecified atom stereocenters. The number of hydrogen-bond donors (Lipinski definition) is 1. The number of H-pyrrole nitrogens is 1. The van der Waals surface area contributed by atoms with E-state index in [9.17, 15) is 13.2 Å². The van der Waals surface area contributed by atoms with Gasteiger partial charge in [0.2, 0.25) is 0 Å². The molecule has 1 N–H and O–H groups in total. The zero-order valence-electron chi connectivity index (χ0n) is 8.26. The minimum absolute atomic E-state index is 0.0345. The van der Waals surface area contributed by atoms with Gasteiger partial charge in [-0.3, -0.25) is 0 Å². The summed E-state index contributed by atoms with van der Waals surface area (Å²) in [5.74, 6) is -0.311. The summed E-state index contributed by atoms with van der Waals surface area (Å²) in [5.41, 5.74) is 0.686. The highest BCUT2D eigenvalue weighted by Crippen LogP contribution is 2.35. The molecule has 0 saturated heterocycles. The summed E-state index contributed by atoms with van der Waals surface area (Å²) in [7, 11) is 1.29. The molecule has 0 aliphatic rings. The Balaban J connectivity index is 2.48. The number of ether oxygens (including phenoxy) is 2. The summed E-state index contributed by atoms with van der Waals surface area (Å²) >= 11 is 0. The number of fused-ring (bicyclic) bond motifs is 1. The normalized spacial score (nSPS) is 11.8. The molecular formula is C10H8F3NO2. The lowest BCUT2D eigenvalue weighted by Gasteiger charge is -2.12. The third-order valence-electron chi connectivity index (χ3n) is 2.06. The van der Waals surface area contributed by atoms with E-state index in [1.54, 1.807) is 12.3 Å². The predicted molar refractivity (Wildman–Crippen MR) is 51.5 cm³/mol. The van der Waals surface area contributed by atoms with Gasteiger partial charge in [0.25, 0.3) is 0 Å². The van der Waals surface area contributed by atoms with Crippen LogP contribution in [0.1, 0.15) is 0 Å². The van der Waals surface area contributed by atoms with Crippen molar-refractivity contribution in [3.05, 3.63) is 24.4 Å². The van der Waals surface area contributed by atoms with Crippen molar-refractivity contribution in [3.63, 3.8) is 0 Å². The van der Waals surface area contributed by atoms with E-state index in [0.29, 0.717) is 10.9 Å². The van der Waals surface area contributed by atoms with Crippen molar-refractivity contribution in [2.75, 3.05) is 7.11 Å². The topological polar surface area (TPSA) is 34.2 Å². The van der Waals surface area contributed by atoms with Crippen LogP contribution in [0, 0.1) is 0 Å². The number of benzene rings is 1. The Kier molecular flexibility index (Phi) is 2.41. The molecular weight excluding hydrogens is 223 g/mol. The Hall–Kier alpha value is -1.85. The summed E-state index contributed by atoms with van der Waals surface area (Å²) in [6.45, 7) is 0. The van der Waals surface area contributed by atoms with Crippen LogP contribution in [0.4, 0.5) is 13.2 Å². The fraction of sp³-hybridized carbons (Fsp3) is 0.200. The first-order chi connectivity index (χ1) is 7.49. The van der Waals surface area contributed by atoms with Crippen molar-refractivity contribution in [1.29, 1.82) is 0 Å². The molecule has 1 heterocycles. The summed E-state index contributed by atoms with van der Waals surface area (Å²) in [5, 5.41) is 0.625. The van der Waals surface area contributed by atoms with Gasteiger partial charge < -0.3 is 14.5 Å². The fourth-order valence-electron chi connectivity index (χ4n) is 1.42. The molecule has 86 valence electrons. The lowest BCUT2D eigenvalue weighted by atomic mass is 10.2. The van der Waals surface area contributed by atoms with Gasteiger partial charge in [0, 0.05) is 23.2 Å². The van der Waals surface area contributed by atoms with Gasteiger partial charge in [-0.05, 0) is 12.1 Å². The van der Waals surface area contributed by atoms with E-state index < -0.39 is 6.36 Å². The predicted octanol–water partition coefficient (Wildman–Crippen LogP) is 3.08. The number of alkyl halides is 3. The van der Waals surface area contributed by atoms with Crippen molar-refractivity contribution >= 4 is 10.9 Å². The van der Waals surface area contributed by atoms with Gasteiger partial charge >= 0.3 is 6.36 Å². The summed E-state index contributed by atoms with van der Waals surface area (Å²) in [6, 6.07) is 4.38. The third-order valence-corrected chi connectivity index (χ3v) is 2.06. The fourth-order valence-corrected chi connectivity index (χ4v) is 1.42. The van der Waals surface area contributed by atoms with Gasteiger partial charge in [-0.1, -0.05) is 0 Å². The second kappa shape index (κ2) is 3.62. The molecule has 3 nitrogen and oxygen atoms in total. The largest absolute Gasteiger partial charge is 0.573 e. The van der Waals surface area contributed by atoms with Crippen LogP contribution in [0.3, 0.4) is 0 Å². The molecule has 1 aromatic carbocycles. The number of hydrogen-bond acceptors (Lipinski definition) is 2. The summed E-state index contributed by atoms with van der Waals surface area (Å²) in [6.07, 6.45) is -3.10. The first-order valence-corrected chi connectivity index (χ1v) is 4.40. The molecule has 2 aromatic rings. The molecule has 0 radical (unpaired) electrons. The van der Waals surface area contributed by atoms with E-state index >= 15 is 0 Å². The van der Waals surface area contributed by atoms with Crippen molar-refractivity contribution < 1.29 is 22.6 Å². The van der Waals surface area contributed by atoms with Gasteiger partial charge in [-0.2, -0.15) is 0 Å². The molecule has 0 atom stereocenters. The summed E-state index contributed by atoms with van der Waals surface area (Å²) < 4.78 is 45.0. The lowest BCUT2D eigenvalue weighted by molar-refractivity contribution is -0.275. The molecule has 6 heteroatoms. The van der Waals surface area contributed by atoms with Crippen LogP contribution in [0.15, 0.2) is 24.4 Å². The van der Waals surface area contributed by atoms with Crippen LogP contribution in [-0.2, 0) is 0 Å². The number of methoxy groups -OCH3 is 1. The van der Waals surface area contributed by atoms with Crippen LogP contribution < -0.4 is 9.47 Å². The van der Waals surface area contributed by atoms with E-state index in [-0.39, 0.29) is 11.5 Å². The van der Waals surface area contributed by atoms with Gasteiger partial charge in [-0.15, -0.1) is 13.2 Å². The zero-order chi connectivity index (χ0) is 11.8. The van der Waals surface area contributed by atoms with Crippen LogP contribution in [0.5, 0.6) is 11.5 Å². The SMILES string of the molecule is COc1cc2[nH]ccc2cc1OC(F)(F)F. The van der Waals surface area contributed by atoms with E-state index in [2.05, 4.69) is 9.72 Å². The highest BCUT2D eigenvalue weighted by atomic mass is 19.4. The number of aromatic nitrogens is 1. The molecule has 16 heavy (non-hydrogen) atoms. The van der Waals surface area contributed by atoms with Crippen molar-refractivity contribution in [3.8, 4) is 11.5 Å². The first-order valence-electron chi connectivity index (χ1n) is 4.40. The lowest BCUT2D eigenvalue weighted by Crippen LogP contribution is -2.17. The van der Waals surface area contributed by atoms with Crippen LogP contribution in [0.25, 0.3) is 10.9 Å². The second-order valence-electron chi connectivity index (χ2n) is 3.12. The number of aromatic amines is 1. The Bertz CT molecular complexity index is 504. The minimum Gasteiger partial charge on any atom is -0.493 e. The number of nitrogens with one attached hydrogen (secondary N) is 1. The van der Waals surface area contributed by atoms with E-state index in [1.807, 2.05) is 0 Å². The number of halogens is 3. The molecule has 0 aliphatic heterocycles. The van der Waals surface area contributed by atoms with Gasteiger partial charge in [0.15, 0.2) is 11.5 Å². The molecule has 0 saturated carbocycles. The maximum absolute atomic E-state index is 12.1. The van der Waals surface area contributed by atoms with Gasteiger partial charge in [0.05, 0.1) is 7.11 Å². The second-order valence-corrected chi connectivity index (χ2v) is 3.12. The smallest absolute Gasteiger partial charge is 0.493 e. The molecule has 0 bridgehead atoms. The standard InChI is InChI=1S/C10H8F3NO2/c1-15-8-5-7-6(2-3-14-7)4-9(8)16-10(11,12)13/h2-5,14H,1H3. The van der Waals surface area contributed by atoms with E-state index in [0.717, 1.165) is 0 Å². The first kappa shape index (κ1) is 10.7. The van der Waals surface area contributed by atoms with E-state index in [4.69, 9.17) is 4.74 Å². The van der Waals surface area contributed by atoms with Crippen LogP contribution in [0.2, 0.25) is 0 Å². The maximum Gasteiger partial charge on any atom is 0.573 e. The van der Waals surface area contributed by atoms with Crippen molar-refractivity contribution in [2.24, 2.45) is 0 Å². The average molecular weight is 231 g/mol. The monoisotopic (exact) mass is 231 g/mol. The van der Waals surface area contributed by atoms with Crippen LogP contribution >= 0.6 is 0 Å².